The Morgan fingerprint density at radius 1 is 1.14 bits per heavy atom. The van der Waals surface area contributed by atoms with Crippen LogP contribution in [0.25, 0.3) is 11.3 Å². The maximum atomic E-state index is 11.9. The van der Waals surface area contributed by atoms with Crippen molar-refractivity contribution in [2.75, 3.05) is 18.6 Å². The van der Waals surface area contributed by atoms with Crippen molar-refractivity contribution in [3.63, 3.8) is 0 Å². The zero-order valence-electron chi connectivity index (χ0n) is 21.1. The smallest absolute Gasteiger partial charge is 0.153 e. The number of nitrogens with zero attached hydrogens (tertiary/aromatic N) is 4. The third kappa shape index (κ3) is 5.47. The number of carbonyl (C=O) groups is 1. The lowest BCUT2D eigenvalue weighted by molar-refractivity contribution is 0.111. The summed E-state index contributed by atoms with van der Waals surface area (Å²) in [4.78, 5) is 13.9. The Morgan fingerprint density at radius 2 is 1.89 bits per heavy atom. The molecule has 0 fully saturated rings. The van der Waals surface area contributed by atoms with Gasteiger partial charge < -0.3 is 9.64 Å². The number of likely N-dealkylation sites (N-methyl/N-ethyl adjacent to an activating group) is 1. The van der Waals surface area contributed by atoms with Crippen LogP contribution in [0.4, 0.5) is 5.69 Å². The highest BCUT2D eigenvalue weighted by Crippen LogP contribution is 2.27. The number of rotatable bonds is 9. The van der Waals surface area contributed by atoms with Crippen molar-refractivity contribution in [2.45, 2.75) is 26.3 Å². The Labute approximate surface area is 212 Å². The highest BCUT2D eigenvalue weighted by Gasteiger charge is 2.16. The van der Waals surface area contributed by atoms with Gasteiger partial charge in [0.25, 0.3) is 0 Å². The molecule has 0 radical (unpaired) electrons. The van der Waals surface area contributed by atoms with Gasteiger partial charge in [-0.2, -0.15) is 10.4 Å². The number of hydrogen-bond donors (Lipinski definition) is 0. The number of anilines is 1. The van der Waals surface area contributed by atoms with Crippen molar-refractivity contribution in [1.29, 1.82) is 5.26 Å². The highest BCUT2D eigenvalue weighted by atomic mass is 16.5. The van der Waals surface area contributed by atoms with E-state index >= 15 is 0 Å². The van der Waals surface area contributed by atoms with Gasteiger partial charge in [0.1, 0.15) is 18.4 Å². The predicted molar refractivity (Wildman–Crippen MR) is 143 cm³/mol. The molecule has 182 valence electrons. The third-order valence-electron chi connectivity index (χ3n) is 6.50. The molecule has 0 amide bonds. The average Bonchev–Trinajstić information content (AvgIpc) is 3.34. The molecule has 36 heavy (non-hydrogen) atoms. The Hall–Kier alpha value is -4.37. The van der Waals surface area contributed by atoms with E-state index < -0.39 is 0 Å². The Kier molecular flexibility index (Phi) is 7.50. The van der Waals surface area contributed by atoms with Gasteiger partial charge in [0.05, 0.1) is 28.6 Å². The van der Waals surface area contributed by atoms with Gasteiger partial charge in [-0.05, 0) is 67.3 Å². The van der Waals surface area contributed by atoms with Crippen LogP contribution >= 0.6 is 0 Å². The first kappa shape index (κ1) is 24.7. The molecule has 1 heterocycles. The molecule has 0 bridgehead atoms. The Morgan fingerprint density at radius 3 is 2.56 bits per heavy atom. The number of para-hydroxylation sites is 1. The summed E-state index contributed by atoms with van der Waals surface area (Å²) < 4.78 is 7.89. The second-order valence-corrected chi connectivity index (χ2v) is 9.08. The molecular formula is C30H30N4O2. The largest absolute Gasteiger partial charge is 0.491 e. The number of aromatic nitrogens is 2. The number of carbonyl (C=O) groups excluding carboxylic acids is 1. The summed E-state index contributed by atoms with van der Waals surface area (Å²) in [7, 11) is 3.85. The number of aldehydes is 1. The zero-order chi connectivity index (χ0) is 25.7. The maximum Gasteiger partial charge on any atom is 0.153 e. The minimum Gasteiger partial charge on any atom is -0.491 e. The first-order chi connectivity index (χ1) is 17.4. The van der Waals surface area contributed by atoms with Crippen molar-refractivity contribution in [3.8, 4) is 23.1 Å². The van der Waals surface area contributed by atoms with E-state index in [1.807, 2.05) is 75.4 Å². The fourth-order valence-corrected chi connectivity index (χ4v) is 4.17. The SMILES string of the molecule is Cc1cc(OCC(C)N(C)c2ccccc2C#N)c(C=O)cc1Cc1ccc(-c2ccn(C)n2)cc1. The zero-order valence-corrected chi connectivity index (χ0v) is 21.1. The number of ether oxygens (including phenoxy) is 1. The van der Waals surface area contributed by atoms with Gasteiger partial charge in [0, 0.05) is 25.9 Å². The van der Waals surface area contributed by atoms with Gasteiger partial charge in [-0.3, -0.25) is 9.48 Å². The van der Waals surface area contributed by atoms with Crippen molar-refractivity contribution in [2.24, 2.45) is 7.05 Å². The molecule has 0 aliphatic carbocycles. The lowest BCUT2D eigenvalue weighted by Crippen LogP contribution is -2.34. The van der Waals surface area contributed by atoms with Gasteiger partial charge in [-0.1, -0.05) is 36.4 Å². The van der Waals surface area contributed by atoms with Crippen LogP contribution < -0.4 is 9.64 Å². The molecule has 0 aliphatic rings. The number of hydrogen-bond acceptors (Lipinski definition) is 5. The summed E-state index contributed by atoms with van der Waals surface area (Å²) in [6, 6.07) is 23.9. The standard InChI is InChI=1S/C30H30N4O2/c1-21-15-30(36-20-22(2)34(4)29-8-6-5-7-25(29)18-31)27(19-35)17-26(21)16-23-9-11-24(12-10-23)28-13-14-33(3)32-28/h5-15,17,19,22H,16,20H2,1-4H3. The van der Waals surface area contributed by atoms with Crippen LogP contribution in [0.15, 0.2) is 72.9 Å². The van der Waals surface area contributed by atoms with Gasteiger partial charge in [0.15, 0.2) is 6.29 Å². The molecule has 6 heteroatoms. The second-order valence-electron chi connectivity index (χ2n) is 9.08. The van der Waals surface area contributed by atoms with Gasteiger partial charge >= 0.3 is 0 Å². The topological polar surface area (TPSA) is 71.2 Å². The minimum absolute atomic E-state index is 0.00314. The van der Waals surface area contributed by atoms with Gasteiger partial charge in [0.2, 0.25) is 0 Å². The van der Waals surface area contributed by atoms with E-state index in [0.717, 1.165) is 46.3 Å². The van der Waals surface area contributed by atoms with Crippen LogP contribution in [-0.2, 0) is 13.5 Å². The van der Waals surface area contributed by atoms with Crippen LogP contribution in [0.2, 0.25) is 0 Å². The molecule has 0 saturated heterocycles. The summed E-state index contributed by atoms with van der Waals surface area (Å²) >= 11 is 0. The van der Waals surface area contributed by atoms with E-state index in [2.05, 4.69) is 35.4 Å². The first-order valence-corrected chi connectivity index (χ1v) is 11.9. The maximum absolute atomic E-state index is 11.9. The molecule has 0 saturated carbocycles. The summed E-state index contributed by atoms with van der Waals surface area (Å²) in [5, 5.41) is 13.9. The Balaban J connectivity index is 1.45. The molecule has 0 aliphatic heterocycles. The molecule has 6 nitrogen and oxygen atoms in total. The third-order valence-corrected chi connectivity index (χ3v) is 6.50. The van der Waals surface area contributed by atoms with E-state index in [1.165, 1.54) is 0 Å². The first-order valence-electron chi connectivity index (χ1n) is 11.9. The molecule has 4 aromatic rings. The second kappa shape index (κ2) is 10.9. The minimum atomic E-state index is -0.00314. The molecule has 3 aromatic carbocycles. The number of nitriles is 1. The normalized spacial score (nSPS) is 11.5. The van der Waals surface area contributed by atoms with E-state index in [4.69, 9.17) is 4.74 Å². The van der Waals surface area contributed by atoms with Crippen LogP contribution in [0.3, 0.4) is 0 Å². The summed E-state index contributed by atoms with van der Waals surface area (Å²) in [5.41, 5.74) is 7.35. The van der Waals surface area contributed by atoms with Crippen molar-refractivity contribution >= 4 is 12.0 Å². The summed E-state index contributed by atoms with van der Waals surface area (Å²) in [5.74, 6) is 0.575. The van der Waals surface area contributed by atoms with Crippen LogP contribution in [-0.4, -0.2) is 35.8 Å². The number of aryl methyl sites for hydroxylation is 2. The van der Waals surface area contributed by atoms with Crippen LogP contribution in [0.1, 0.15) is 39.5 Å². The Bertz CT molecular complexity index is 1400. The lowest BCUT2D eigenvalue weighted by Gasteiger charge is -2.28. The van der Waals surface area contributed by atoms with Crippen molar-refractivity contribution in [3.05, 3.63) is 101 Å². The molecule has 0 spiro atoms. The average molecular weight is 479 g/mol. The molecule has 1 atom stereocenters. The summed E-state index contributed by atoms with van der Waals surface area (Å²) in [6.45, 7) is 4.45. The monoisotopic (exact) mass is 478 g/mol. The quantitative estimate of drug-likeness (QED) is 0.294. The van der Waals surface area contributed by atoms with Gasteiger partial charge in [-0.25, -0.2) is 0 Å². The van der Waals surface area contributed by atoms with Crippen LogP contribution in [0.5, 0.6) is 5.75 Å². The van der Waals surface area contributed by atoms with Crippen molar-refractivity contribution in [1.82, 2.24) is 9.78 Å². The molecule has 0 N–H and O–H groups in total. The van der Waals surface area contributed by atoms with E-state index in [9.17, 15) is 10.1 Å². The van der Waals surface area contributed by atoms with E-state index in [-0.39, 0.29) is 6.04 Å². The fourth-order valence-electron chi connectivity index (χ4n) is 4.17. The molecular weight excluding hydrogens is 448 g/mol. The molecule has 1 aromatic heterocycles. The van der Waals surface area contributed by atoms with Gasteiger partial charge in [-0.15, -0.1) is 0 Å². The van der Waals surface area contributed by atoms with Crippen molar-refractivity contribution < 1.29 is 9.53 Å². The lowest BCUT2D eigenvalue weighted by atomic mass is 9.97. The fraction of sp³-hybridized carbons (Fsp3) is 0.233. The number of benzene rings is 3. The van der Waals surface area contributed by atoms with Crippen LogP contribution in [0, 0.1) is 18.3 Å². The summed E-state index contributed by atoms with van der Waals surface area (Å²) in [6.07, 6.45) is 3.50. The molecule has 1 unspecified atom stereocenters. The van der Waals surface area contributed by atoms with E-state index in [0.29, 0.717) is 23.5 Å². The van der Waals surface area contributed by atoms with E-state index in [1.54, 1.807) is 10.7 Å². The molecule has 4 rings (SSSR count). The predicted octanol–water partition coefficient (Wildman–Crippen LogP) is 5.57. The highest BCUT2D eigenvalue weighted by molar-refractivity contribution is 5.80.